The maximum Gasteiger partial charge on any atom is 0.333 e. The minimum Gasteiger partial charge on any atom is -0.463 e. The molecule has 24 heteroatoms. The van der Waals surface area contributed by atoms with Gasteiger partial charge in [-0.2, -0.15) is 0 Å². The number of carbonyl (C=O) groups is 4. The zero-order chi connectivity index (χ0) is 58.4. The lowest BCUT2D eigenvalue weighted by molar-refractivity contribution is -0.399. The standard InChI is InChI=1S/C55H92O24/c1-11-13-19-22-34-23-20-17-15-14-16-18-21-24-36(58)74-47-44(77-52-42(64)41(63)43(32(9)70-52)75-51(67)28(5)30(7)57)33(10)71-55(48(47)76-49(65)26(3)12-2)79-46-40(62)38(60)35(25-68-50(66)27(4)29(6)56)73-54(46)78-45-39(61)37(59)31(8)69-53(45)72-34/h12,27-35,37-48,52-57,59-64H,11,13-25H2,1-10H3/b26-12+/t27-,28-,29-,30-,31+,32+,33-,34+,35+,37-,38+,39-,40-,41+,42+,43+,44-,45+,46+,47+,48+,52-,53-,54-,55-/m0/s1. The number of allylic oxidation sites excluding steroid dienone is 1. The summed E-state index contributed by atoms with van der Waals surface area (Å²) >= 11 is 0. The second-order valence-electron chi connectivity index (χ2n) is 22.1. The highest BCUT2D eigenvalue weighted by Gasteiger charge is 2.58. The molecule has 2 bridgehead atoms. The van der Waals surface area contributed by atoms with E-state index < -0.39 is 177 Å². The van der Waals surface area contributed by atoms with Gasteiger partial charge < -0.3 is 97.7 Å². The number of ether oxygens (including phenoxy) is 12. The normalized spacial score (nSPS) is 40.3. The van der Waals surface area contributed by atoms with Crippen molar-refractivity contribution < 1.29 is 117 Å². The smallest absolute Gasteiger partial charge is 0.333 e. The van der Waals surface area contributed by atoms with Gasteiger partial charge in [-0.1, -0.05) is 70.8 Å². The van der Waals surface area contributed by atoms with E-state index in [1.165, 1.54) is 54.5 Å². The molecule has 0 amide bonds. The molecule has 0 aromatic heterocycles. The number of aliphatic hydroxyl groups is 8. The number of carbonyl (C=O) groups excluding carboxylic acids is 4. The topological polar surface area (TPSA) is 341 Å². The quantitative estimate of drug-likeness (QED) is 0.0503. The van der Waals surface area contributed by atoms with E-state index in [-0.39, 0.29) is 18.1 Å². The van der Waals surface area contributed by atoms with Gasteiger partial charge in [0.05, 0.1) is 48.5 Å². The molecule has 0 aromatic carbocycles. The monoisotopic (exact) mass is 1140 g/mol. The van der Waals surface area contributed by atoms with Crippen LogP contribution in [-0.4, -0.2) is 212 Å². The lowest BCUT2D eigenvalue weighted by Crippen LogP contribution is -2.68. The summed E-state index contributed by atoms with van der Waals surface area (Å²) in [7, 11) is 0. The van der Waals surface area contributed by atoms with Crippen molar-refractivity contribution in [3.8, 4) is 0 Å². The number of aliphatic hydroxyl groups excluding tert-OH is 8. The molecule has 5 aliphatic heterocycles. The summed E-state index contributed by atoms with van der Waals surface area (Å²) in [4.78, 5) is 53.8. The second-order valence-corrected chi connectivity index (χ2v) is 22.1. The molecule has 79 heavy (non-hydrogen) atoms. The van der Waals surface area contributed by atoms with Crippen LogP contribution < -0.4 is 0 Å². The fourth-order valence-corrected chi connectivity index (χ4v) is 9.92. The molecule has 0 aromatic rings. The summed E-state index contributed by atoms with van der Waals surface area (Å²) in [6.45, 7) is 14.5. The lowest BCUT2D eigenvalue weighted by Gasteiger charge is -2.50. The first-order valence-corrected chi connectivity index (χ1v) is 28.5. The third-order valence-corrected chi connectivity index (χ3v) is 15.8. The van der Waals surface area contributed by atoms with Gasteiger partial charge >= 0.3 is 23.9 Å². The van der Waals surface area contributed by atoms with Gasteiger partial charge in [-0.25, -0.2) is 4.79 Å². The maximum atomic E-state index is 14.1. The Hall–Kier alpha value is -3.02. The first kappa shape index (κ1) is 66.8. The van der Waals surface area contributed by atoms with Crippen molar-refractivity contribution in [3.05, 3.63) is 11.6 Å². The van der Waals surface area contributed by atoms with Crippen molar-refractivity contribution in [3.63, 3.8) is 0 Å². The van der Waals surface area contributed by atoms with Gasteiger partial charge in [0.25, 0.3) is 0 Å². The van der Waals surface area contributed by atoms with Gasteiger partial charge in [0.15, 0.2) is 43.5 Å². The Labute approximate surface area is 463 Å². The highest BCUT2D eigenvalue weighted by molar-refractivity contribution is 5.87. The van der Waals surface area contributed by atoms with E-state index in [0.717, 1.165) is 51.4 Å². The molecular formula is C55H92O24. The van der Waals surface area contributed by atoms with E-state index in [4.69, 9.17) is 56.8 Å². The van der Waals surface area contributed by atoms with Gasteiger partial charge in [0.1, 0.15) is 67.6 Å². The van der Waals surface area contributed by atoms with Gasteiger partial charge in [-0.15, -0.1) is 0 Å². The van der Waals surface area contributed by atoms with E-state index in [1.54, 1.807) is 13.8 Å². The fourth-order valence-electron chi connectivity index (χ4n) is 9.92. The van der Waals surface area contributed by atoms with Gasteiger partial charge in [-0.3, -0.25) is 14.4 Å². The highest BCUT2D eigenvalue weighted by Crippen LogP contribution is 2.38. The zero-order valence-electron chi connectivity index (χ0n) is 47.5. The van der Waals surface area contributed by atoms with Crippen molar-refractivity contribution >= 4 is 23.9 Å². The van der Waals surface area contributed by atoms with Crippen LogP contribution in [0, 0.1) is 11.8 Å². The van der Waals surface area contributed by atoms with E-state index in [9.17, 15) is 60.0 Å². The van der Waals surface area contributed by atoms with Crippen LogP contribution in [0.15, 0.2) is 11.6 Å². The molecule has 0 spiro atoms. The summed E-state index contributed by atoms with van der Waals surface area (Å²) in [6.07, 6.45) is -24.6. The molecule has 0 unspecified atom stereocenters. The minimum atomic E-state index is -2.05. The van der Waals surface area contributed by atoms with Crippen molar-refractivity contribution in [1.29, 1.82) is 0 Å². The summed E-state index contributed by atoms with van der Waals surface area (Å²) in [5.74, 6) is -5.43. The Balaban J connectivity index is 1.59. The summed E-state index contributed by atoms with van der Waals surface area (Å²) in [5, 5.41) is 90.0. The number of hydrogen-bond donors (Lipinski definition) is 8. The third kappa shape index (κ3) is 18.0. The van der Waals surface area contributed by atoms with Gasteiger partial charge in [0, 0.05) is 12.0 Å². The van der Waals surface area contributed by atoms with E-state index in [0.29, 0.717) is 25.7 Å². The van der Waals surface area contributed by atoms with Crippen LogP contribution in [0.1, 0.15) is 153 Å². The van der Waals surface area contributed by atoms with E-state index >= 15 is 0 Å². The lowest BCUT2D eigenvalue weighted by atomic mass is 9.95. The number of hydrogen-bond acceptors (Lipinski definition) is 24. The van der Waals surface area contributed by atoms with Crippen molar-refractivity contribution in [2.75, 3.05) is 6.61 Å². The molecule has 5 heterocycles. The SMILES string of the molecule is C/C=C(\C)C(=O)O[C@H]1[C@@H]2O[C@H]3[C@H](O[C@H]4[C@H](O[C@H](CCCCC)CCCCCCCCCC(=O)O[C@@H]1[C@@H](O[C@@H]1O[C@H](C)[C@@H](OC(=O)[C@@H](C)[C@H](C)O)[C@H](O)[C@H]1O)[C@H](C)O2)O[C@H](C)[C@H](O)[C@@H]4O)O[C@H](COC(=O)[C@@H](C)[C@H](C)O)[C@@H](O)[C@@H]3O. The van der Waals surface area contributed by atoms with Crippen LogP contribution in [0.25, 0.3) is 0 Å². The maximum absolute atomic E-state index is 14.1. The van der Waals surface area contributed by atoms with Crippen LogP contribution in [0.3, 0.4) is 0 Å². The van der Waals surface area contributed by atoms with Crippen LogP contribution in [0.2, 0.25) is 0 Å². The molecule has 0 saturated carbocycles. The van der Waals surface area contributed by atoms with Crippen LogP contribution in [0.4, 0.5) is 0 Å². The molecule has 0 aliphatic carbocycles. The summed E-state index contributed by atoms with van der Waals surface area (Å²) < 4.78 is 74.3. The zero-order valence-corrected chi connectivity index (χ0v) is 47.5. The van der Waals surface area contributed by atoms with Gasteiger partial charge in [0.2, 0.25) is 0 Å². The number of rotatable bonds is 15. The number of esters is 4. The molecule has 25 atom stereocenters. The predicted molar refractivity (Wildman–Crippen MR) is 275 cm³/mol. The molecular weight excluding hydrogens is 1040 g/mol. The first-order chi connectivity index (χ1) is 37.4. The third-order valence-electron chi connectivity index (χ3n) is 15.8. The summed E-state index contributed by atoms with van der Waals surface area (Å²) in [6, 6.07) is 0. The summed E-state index contributed by atoms with van der Waals surface area (Å²) in [5.41, 5.74) is 0.0830. The Bertz CT molecular complexity index is 1920. The molecule has 8 N–H and O–H groups in total. The molecule has 5 fully saturated rings. The van der Waals surface area contributed by atoms with E-state index in [1.807, 2.05) is 0 Å². The van der Waals surface area contributed by atoms with Crippen molar-refractivity contribution in [1.82, 2.24) is 0 Å². The highest BCUT2D eigenvalue weighted by atomic mass is 16.8. The molecule has 5 saturated heterocycles. The Kier molecular flexibility index (Phi) is 26.7. The average Bonchev–Trinajstić information content (AvgIpc) is 3.44. The van der Waals surface area contributed by atoms with Crippen LogP contribution >= 0.6 is 0 Å². The largest absolute Gasteiger partial charge is 0.463 e. The Morgan fingerprint density at radius 2 is 1.18 bits per heavy atom. The van der Waals surface area contributed by atoms with Gasteiger partial charge in [-0.05, 0) is 81.6 Å². The van der Waals surface area contributed by atoms with Crippen LogP contribution in [-0.2, 0) is 76.0 Å². The van der Waals surface area contributed by atoms with Crippen molar-refractivity contribution in [2.24, 2.45) is 11.8 Å². The fraction of sp³-hybridized carbons (Fsp3) is 0.891. The minimum absolute atomic E-state index is 0.0830. The number of fused-ring (bicyclic) bond motifs is 4. The predicted octanol–water partition coefficient (Wildman–Crippen LogP) is 2.04. The second kappa shape index (κ2) is 31.6. The average molecular weight is 1140 g/mol. The van der Waals surface area contributed by atoms with Crippen LogP contribution in [0.5, 0.6) is 0 Å². The first-order valence-electron chi connectivity index (χ1n) is 28.5. The van der Waals surface area contributed by atoms with Crippen molar-refractivity contribution in [2.45, 2.75) is 294 Å². The molecule has 456 valence electrons. The Morgan fingerprint density at radius 3 is 1.81 bits per heavy atom. The molecule has 5 rings (SSSR count). The Morgan fingerprint density at radius 1 is 0.608 bits per heavy atom. The molecule has 0 radical (unpaired) electrons. The number of unbranched alkanes of at least 4 members (excludes halogenated alkanes) is 2. The molecule has 24 nitrogen and oxygen atoms in total. The molecule has 5 aliphatic rings. The van der Waals surface area contributed by atoms with E-state index in [2.05, 4.69) is 6.92 Å².